The molecule has 5 rings (SSSR count). The van der Waals surface area contributed by atoms with Gasteiger partial charge in [0.05, 0.1) is 6.04 Å². The summed E-state index contributed by atoms with van der Waals surface area (Å²) in [7, 11) is 0. The van der Waals surface area contributed by atoms with Crippen LogP contribution in [0.4, 0.5) is 0 Å². The van der Waals surface area contributed by atoms with Gasteiger partial charge < -0.3 is 9.55 Å². The predicted octanol–water partition coefficient (Wildman–Crippen LogP) is 3.90. The number of aromatic amines is 1. The molecule has 0 amide bonds. The van der Waals surface area contributed by atoms with Gasteiger partial charge in [-0.2, -0.15) is 0 Å². The molecule has 1 aliphatic carbocycles. The Morgan fingerprint density at radius 1 is 1.12 bits per heavy atom. The quantitative estimate of drug-likeness (QED) is 0.769. The summed E-state index contributed by atoms with van der Waals surface area (Å²) in [6.07, 6.45) is 10.4. The third-order valence-electron chi connectivity index (χ3n) is 5.71. The zero-order chi connectivity index (χ0) is 16.6. The SMILES string of the molecule is c1cc2ccc(CN3CCCC[C@@H]3c3nncn3CC3CC3)cc2[nH]1. The Kier molecular flexibility index (Phi) is 3.82. The average Bonchev–Trinajstić information content (AvgIpc) is 3.14. The number of nitrogens with one attached hydrogen (secondary N) is 1. The summed E-state index contributed by atoms with van der Waals surface area (Å²) in [6.45, 7) is 3.22. The van der Waals surface area contributed by atoms with Crippen molar-refractivity contribution in [3.05, 3.63) is 48.2 Å². The van der Waals surface area contributed by atoms with Crippen molar-refractivity contribution in [1.29, 1.82) is 0 Å². The summed E-state index contributed by atoms with van der Waals surface area (Å²) in [4.78, 5) is 5.93. The van der Waals surface area contributed by atoms with E-state index in [1.165, 1.54) is 54.4 Å². The summed E-state index contributed by atoms with van der Waals surface area (Å²) >= 11 is 0. The normalized spacial score (nSPS) is 21.8. The smallest absolute Gasteiger partial charge is 0.150 e. The maximum atomic E-state index is 4.52. The van der Waals surface area contributed by atoms with E-state index < -0.39 is 0 Å². The lowest BCUT2D eigenvalue weighted by molar-refractivity contribution is 0.130. The first kappa shape index (κ1) is 15.1. The van der Waals surface area contributed by atoms with Crippen molar-refractivity contribution in [2.45, 2.75) is 51.2 Å². The van der Waals surface area contributed by atoms with E-state index in [0.717, 1.165) is 25.6 Å². The molecular formula is C20H25N5. The molecule has 3 aromatic rings. The molecule has 2 fully saturated rings. The van der Waals surface area contributed by atoms with Gasteiger partial charge in [0, 0.05) is 24.8 Å². The Balaban J connectivity index is 1.39. The molecule has 1 aromatic carbocycles. The lowest BCUT2D eigenvalue weighted by Crippen LogP contribution is -2.34. The van der Waals surface area contributed by atoms with Crippen LogP contribution in [-0.2, 0) is 13.1 Å². The Morgan fingerprint density at radius 3 is 3.00 bits per heavy atom. The van der Waals surface area contributed by atoms with Crippen LogP contribution in [0.3, 0.4) is 0 Å². The molecule has 5 nitrogen and oxygen atoms in total. The first-order valence-corrected chi connectivity index (χ1v) is 9.54. The van der Waals surface area contributed by atoms with Gasteiger partial charge in [0.2, 0.25) is 0 Å². The van der Waals surface area contributed by atoms with Gasteiger partial charge in [-0.1, -0.05) is 18.6 Å². The molecule has 1 N–H and O–H groups in total. The Bertz CT molecular complexity index is 860. The number of hydrogen-bond acceptors (Lipinski definition) is 3. The van der Waals surface area contributed by atoms with Crippen molar-refractivity contribution in [2.75, 3.05) is 6.54 Å². The number of piperidine rings is 1. The van der Waals surface area contributed by atoms with Crippen LogP contribution in [-0.4, -0.2) is 31.2 Å². The van der Waals surface area contributed by atoms with E-state index in [9.17, 15) is 0 Å². The number of fused-ring (bicyclic) bond motifs is 1. The van der Waals surface area contributed by atoms with Crippen molar-refractivity contribution in [3.8, 4) is 0 Å². The number of rotatable bonds is 5. The Labute approximate surface area is 148 Å². The van der Waals surface area contributed by atoms with Crippen LogP contribution in [0.15, 0.2) is 36.8 Å². The van der Waals surface area contributed by atoms with Crippen molar-refractivity contribution >= 4 is 10.9 Å². The molecule has 2 aliphatic rings. The highest BCUT2D eigenvalue weighted by Crippen LogP contribution is 2.34. The number of H-pyrrole nitrogens is 1. The number of likely N-dealkylation sites (tertiary alicyclic amines) is 1. The number of benzene rings is 1. The van der Waals surface area contributed by atoms with Gasteiger partial charge in [0.15, 0.2) is 0 Å². The molecule has 0 bridgehead atoms. The van der Waals surface area contributed by atoms with E-state index in [1.807, 2.05) is 12.5 Å². The van der Waals surface area contributed by atoms with Crippen molar-refractivity contribution in [2.24, 2.45) is 5.92 Å². The number of hydrogen-bond donors (Lipinski definition) is 1. The fraction of sp³-hybridized carbons (Fsp3) is 0.500. The van der Waals surface area contributed by atoms with Crippen LogP contribution in [0.1, 0.15) is 49.5 Å². The summed E-state index contributed by atoms with van der Waals surface area (Å²) in [5.41, 5.74) is 2.60. The van der Waals surface area contributed by atoms with Gasteiger partial charge in [0.1, 0.15) is 12.2 Å². The summed E-state index contributed by atoms with van der Waals surface area (Å²) in [6, 6.07) is 9.29. The molecule has 1 atom stereocenters. The molecule has 5 heteroatoms. The zero-order valence-electron chi connectivity index (χ0n) is 14.6. The molecule has 2 aromatic heterocycles. The molecule has 25 heavy (non-hydrogen) atoms. The molecule has 3 heterocycles. The van der Waals surface area contributed by atoms with E-state index in [-0.39, 0.29) is 0 Å². The monoisotopic (exact) mass is 335 g/mol. The Hall–Kier alpha value is -2.14. The van der Waals surface area contributed by atoms with E-state index >= 15 is 0 Å². The first-order valence-electron chi connectivity index (χ1n) is 9.54. The van der Waals surface area contributed by atoms with E-state index in [1.54, 1.807) is 0 Å². The molecule has 1 aliphatic heterocycles. The van der Waals surface area contributed by atoms with Gasteiger partial charge >= 0.3 is 0 Å². The third kappa shape index (κ3) is 3.09. The summed E-state index contributed by atoms with van der Waals surface area (Å²) < 4.78 is 2.31. The van der Waals surface area contributed by atoms with Gasteiger partial charge in [-0.3, -0.25) is 4.90 Å². The standard InChI is InChI=1S/C20H25N5/c1-2-10-24(13-16-6-7-17-8-9-21-18(17)11-16)19(3-1)20-23-22-14-25(20)12-15-4-5-15/h6-9,11,14-15,19,21H,1-5,10,12-13H2/t19-/m1/s1. The van der Waals surface area contributed by atoms with Crippen LogP contribution in [0.25, 0.3) is 10.9 Å². The molecule has 130 valence electrons. The van der Waals surface area contributed by atoms with Crippen LogP contribution < -0.4 is 0 Å². The maximum absolute atomic E-state index is 4.52. The van der Waals surface area contributed by atoms with Crippen LogP contribution in [0, 0.1) is 5.92 Å². The van der Waals surface area contributed by atoms with E-state index in [0.29, 0.717) is 6.04 Å². The molecule has 0 unspecified atom stereocenters. The Morgan fingerprint density at radius 2 is 2.08 bits per heavy atom. The highest BCUT2D eigenvalue weighted by atomic mass is 15.3. The second-order valence-corrected chi connectivity index (χ2v) is 7.67. The van der Waals surface area contributed by atoms with Crippen LogP contribution >= 0.6 is 0 Å². The topological polar surface area (TPSA) is 49.7 Å². The van der Waals surface area contributed by atoms with Gasteiger partial charge in [0.25, 0.3) is 0 Å². The van der Waals surface area contributed by atoms with Crippen LogP contribution in [0.2, 0.25) is 0 Å². The second kappa shape index (κ2) is 6.30. The third-order valence-corrected chi connectivity index (χ3v) is 5.71. The predicted molar refractivity (Wildman–Crippen MR) is 98.0 cm³/mol. The number of aromatic nitrogens is 4. The van der Waals surface area contributed by atoms with Gasteiger partial charge in [-0.15, -0.1) is 10.2 Å². The molecular weight excluding hydrogens is 310 g/mol. The maximum Gasteiger partial charge on any atom is 0.150 e. The fourth-order valence-corrected chi connectivity index (χ4v) is 4.14. The second-order valence-electron chi connectivity index (χ2n) is 7.67. The highest BCUT2D eigenvalue weighted by Gasteiger charge is 2.30. The van der Waals surface area contributed by atoms with Gasteiger partial charge in [-0.05, 0) is 61.2 Å². The summed E-state index contributed by atoms with van der Waals surface area (Å²) in [5, 5.41) is 10.0. The molecule has 1 saturated carbocycles. The minimum Gasteiger partial charge on any atom is -0.361 e. The zero-order valence-corrected chi connectivity index (χ0v) is 14.6. The highest BCUT2D eigenvalue weighted by molar-refractivity contribution is 5.79. The van der Waals surface area contributed by atoms with E-state index in [4.69, 9.17) is 0 Å². The molecule has 1 saturated heterocycles. The van der Waals surface area contributed by atoms with Gasteiger partial charge in [-0.25, -0.2) is 0 Å². The summed E-state index contributed by atoms with van der Waals surface area (Å²) in [5.74, 6) is 2.02. The largest absolute Gasteiger partial charge is 0.361 e. The van der Waals surface area contributed by atoms with Crippen molar-refractivity contribution in [1.82, 2.24) is 24.6 Å². The fourth-order valence-electron chi connectivity index (χ4n) is 4.14. The van der Waals surface area contributed by atoms with Crippen molar-refractivity contribution in [3.63, 3.8) is 0 Å². The lowest BCUT2D eigenvalue weighted by Gasteiger charge is -2.35. The average molecular weight is 335 g/mol. The molecule has 0 radical (unpaired) electrons. The van der Waals surface area contributed by atoms with E-state index in [2.05, 4.69) is 48.9 Å². The minimum atomic E-state index is 0.398. The van der Waals surface area contributed by atoms with Crippen LogP contribution in [0.5, 0.6) is 0 Å². The number of nitrogens with zero attached hydrogens (tertiary/aromatic N) is 4. The first-order chi connectivity index (χ1) is 12.4. The lowest BCUT2D eigenvalue weighted by atomic mass is 10.00. The van der Waals surface area contributed by atoms with Crippen molar-refractivity contribution < 1.29 is 0 Å². The molecule has 0 spiro atoms. The minimum absolute atomic E-state index is 0.398.